The van der Waals surface area contributed by atoms with Gasteiger partial charge in [-0.1, -0.05) is 83.8 Å². The average molecular weight is 648 g/mol. The summed E-state index contributed by atoms with van der Waals surface area (Å²) < 4.78 is 13.8. The van der Waals surface area contributed by atoms with Crippen LogP contribution in [0.2, 0.25) is 0 Å². The SMILES string of the molecule is Cc1nnc(SCC2CC(c3ccc(CO)cc3)OC(c3ccc(CNC(=O)CCCC(=O)Nc4ccccc4N)cc3)O2)s1. The van der Waals surface area contributed by atoms with E-state index in [1.807, 2.05) is 55.5 Å². The Hall–Kier alpha value is -3.81. The number of carbonyl (C=O) groups is 2. The standard InChI is InChI=1S/C33H37N5O5S2/c1-21-37-38-33(45-21)44-20-26-17-29(24-13-11-23(19-39)12-14-24)43-32(42-26)25-15-9-22(10-16-25)18-35-30(40)7-4-8-31(41)36-28-6-3-2-5-27(28)34/h2-3,5-6,9-16,26,29,32,39H,4,7-8,17-20,34H2,1H3,(H,35,40)(H,36,41). The molecule has 2 amide bonds. The van der Waals surface area contributed by atoms with Crippen molar-refractivity contribution in [3.63, 3.8) is 0 Å². The zero-order chi connectivity index (χ0) is 31.6. The average Bonchev–Trinajstić information content (AvgIpc) is 3.49. The number of thioether (sulfide) groups is 1. The molecule has 2 heterocycles. The zero-order valence-electron chi connectivity index (χ0n) is 25.0. The summed E-state index contributed by atoms with van der Waals surface area (Å²) in [5, 5.41) is 24.4. The minimum atomic E-state index is -0.566. The number of rotatable bonds is 13. The van der Waals surface area contributed by atoms with E-state index in [0.717, 1.165) is 31.6 Å². The largest absolute Gasteiger partial charge is 0.397 e. The molecule has 1 aromatic heterocycles. The van der Waals surface area contributed by atoms with E-state index in [1.165, 1.54) is 0 Å². The van der Waals surface area contributed by atoms with Crippen LogP contribution < -0.4 is 16.4 Å². The lowest BCUT2D eigenvalue weighted by atomic mass is 10.0. The van der Waals surface area contributed by atoms with Gasteiger partial charge >= 0.3 is 0 Å². The van der Waals surface area contributed by atoms with Gasteiger partial charge in [-0.3, -0.25) is 9.59 Å². The number of carbonyl (C=O) groups excluding carboxylic acids is 2. The molecule has 1 aliphatic rings. The van der Waals surface area contributed by atoms with Crippen molar-refractivity contribution in [1.29, 1.82) is 0 Å². The van der Waals surface area contributed by atoms with Crippen molar-refractivity contribution in [2.75, 3.05) is 16.8 Å². The van der Waals surface area contributed by atoms with Crippen molar-refractivity contribution in [3.8, 4) is 0 Å². The van der Waals surface area contributed by atoms with Crippen LogP contribution in [0, 0.1) is 6.92 Å². The van der Waals surface area contributed by atoms with Crippen molar-refractivity contribution >= 4 is 46.3 Å². The maximum Gasteiger partial charge on any atom is 0.224 e. The van der Waals surface area contributed by atoms with E-state index < -0.39 is 6.29 Å². The fourth-order valence-electron chi connectivity index (χ4n) is 4.84. The molecule has 0 spiro atoms. The molecule has 3 unspecified atom stereocenters. The quantitative estimate of drug-likeness (QED) is 0.106. The molecule has 1 fully saturated rings. The number of aliphatic hydroxyl groups excluding tert-OH is 1. The van der Waals surface area contributed by atoms with Crippen LogP contribution >= 0.6 is 23.1 Å². The second kappa shape index (κ2) is 16.0. The van der Waals surface area contributed by atoms with Crippen LogP contribution in [0.15, 0.2) is 77.1 Å². The number of hydrogen-bond acceptors (Lipinski definition) is 10. The molecule has 0 bridgehead atoms. The second-order valence-corrected chi connectivity index (χ2v) is 13.2. The van der Waals surface area contributed by atoms with E-state index in [0.29, 0.717) is 36.5 Å². The first-order valence-electron chi connectivity index (χ1n) is 14.8. The van der Waals surface area contributed by atoms with Crippen LogP contribution in [0.5, 0.6) is 0 Å². The van der Waals surface area contributed by atoms with Gasteiger partial charge in [0.1, 0.15) is 5.01 Å². The Morgan fingerprint density at radius 1 is 0.956 bits per heavy atom. The Morgan fingerprint density at radius 3 is 2.38 bits per heavy atom. The number of aromatic nitrogens is 2. The van der Waals surface area contributed by atoms with Gasteiger partial charge in [0, 0.05) is 37.1 Å². The van der Waals surface area contributed by atoms with Crippen molar-refractivity contribution < 1.29 is 24.2 Å². The fraction of sp³-hybridized carbons (Fsp3) is 0.333. The van der Waals surface area contributed by atoms with Gasteiger partial charge in [0.05, 0.1) is 30.2 Å². The van der Waals surface area contributed by atoms with Crippen LogP contribution in [0.25, 0.3) is 0 Å². The molecule has 3 aromatic carbocycles. The first-order valence-corrected chi connectivity index (χ1v) is 16.6. The van der Waals surface area contributed by atoms with Gasteiger partial charge in [0.15, 0.2) is 10.6 Å². The molecule has 0 saturated carbocycles. The van der Waals surface area contributed by atoms with Gasteiger partial charge in [0.25, 0.3) is 0 Å². The summed E-state index contributed by atoms with van der Waals surface area (Å²) in [4.78, 5) is 24.6. The molecule has 5 rings (SSSR count). The molecule has 12 heteroatoms. The Kier molecular flexibility index (Phi) is 11.6. The molecule has 0 radical (unpaired) electrons. The van der Waals surface area contributed by atoms with Crippen molar-refractivity contribution in [3.05, 3.63) is 100 Å². The van der Waals surface area contributed by atoms with Gasteiger partial charge in [-0.2, -0.15) is 0 Å². The zero-order valence-corrected chi connectivity index (χ0v) is 26.6. The monoisotopic (exact) mass is 647 g/mol. The number of amides is 2. The number of nitrogens with zero attached hydrogens (tertiary/aromatic N) is 2. The first-order chi connectivity index (χ1) is 21.9. The maximum absolute atomic E-state index is 12.4. The third-order valence-electron chi connectivity index (χ3n) is 7.30. The number of para-hydroxylation sites is 2. The third-order valence-corrected chi connectivity index (χ3v) is 9.40. The summed E-state index contributed by atoms with van der Waals surface area (Å²) >= 11 is 3.20. The van der Waals surface area contributed by atoms with Crippen LogP contribution in [0.4, 0.5) is 11.4 Å². The Bertz CT molecular complexity index is 1560. The van der Waals surface area contributed by atoms with Crippen molar-refractivity contribution in [1.82, 2.24) is 15.5 Å². The van der Waals surface area contributed by atoms with E-state index in [9.17, 15) is 14.7 Å². The van der Waals surface area contributed by atoms with Crippen molar-refractivity contribution in [2.24, 2.45) is 0 Å². The second-order valence-electron chi connectivity index (χ2n) is 10.8. The number of ether oxygens (including phenoxy) is 2. The lowest BCUT2D eigenvalue weighted by molar-refractivity contribution is -0.245. The highest BCUT2D eigenvalue weighted by Gasteiger charge is 2.32. The predicted molar refractivity (Wildman–Crippen MR) is 175 cm³/mol. The molecule has 236 valence electrons. The van der Waals surface area contributed by atoms with E-state index in [4.69, 9.17) is 15.2 Å². The molecule has 1 aliphatic heterocycles. The highest BCUT2D eigenvalue weighted by atomic mass is 32.2. The molecule has 10 nitrogen and oxygen atoms in total. The Morgan fingerprint density at radius 2 is 1.67 bits per heavy atom. The summed E-state index contributed by atoms with van der Waals surface area (Å²) in [6.45, 7) is 2.31. The number of nitrogens with two attached hydrogens (primary N) is 1. The number of aliphatic hydroxyl groups is 1. The summed E-state index contributed by atoms with van der Waals surface area (Å²) in [5.74, 6) is 0.418. The minimum Gasteiger partial charge on any atom is -0.397 e. The summed E-state index contributed by atoms with van der Waals surface area (Å²) in [6.07, 6.45) is 0.772. The highest BCUT2D eigenvalue weighted by Crippen LogP contribution is 2.39. The van der Waals surface area contributed by atoms with E-state index in [-0.39, 0.29) is 43.5 Å². The molecule has 45 heavy (non-hydrogen) atoms. The normalized spacial score (nSPS) is 18.0. The van der Waals surface area contributed by atoms with Crippen LogP contribution in [0.1, 0.15) is 65.3 Å². The number of anilines is 2. The third kappa shape index (κ3) is 9.59. The number of hydrogen-bond donors (Lipinski definition) is 4. The Labute approximate surface area is 270 Å². The minimum absolute atomic E-state index is 0.00723. The van der Waals surface area contributed by atoms with Crippen molar-refractivity contribution in [2.45, 2.75) is 68.6 Å². The maximum atomic E-state index is 12.4. The van der Waals surface area contributed by atoms with Crippen LogP contribution in [-0.2, 0) is 32.2 Å². The smallest absolute Gasteiger partial charge is 0.224 e. The lowest BCUT2D eigenvalue weighted by Gasteiger charge is -2.36. The van der Waals surface area contributed by atoms with Gasteiger partial charge in [-0.05, 0) is 42.2 Å². The first kappa shape index (κ1) is 32.6. The predicted octanol–water partition coefficient (Wildman–Crippen LogP) is 5.68. The van der Waals surface area contributed by atoms with Gasteiger partial charge in [-0.15, -0.1) is 10.2 Å². The molecule has 1 saturated heterocycles. The number of aryl methyl sites for hydroxylation is 1. The Balaban J connectivity index is 1.13. The summed E-state index contributed by atoms with van der Waals surface area (Å²) in [7, 11) is 0. The summed E-state index contributed by atoms with van der Waals surface area (Å²) in [5.41, 5.74) is 10.6. The fourth-order valence-corrected chi connectivity index (χ4v) is 6.70. The highest BCUT2D eigenvalue weighted by molar-refractivity contribution is 8.01. The number of nitrogens with one attached hydrogen (secondary N) is 2. The molecule has 0 aliphatic carbocycles. The van der Waals surface area contributed by atoms with Gasteiger partial charge in [0.2, 0.25) is 11.8 Å². The molecule has 4 aromatic rings. The number of benzene rings is 3. The van der Waals surface area contributed by atoms with Crippen LogP contribution in [0.3, 0.4) is 0 Å². The van der Waals surface area contributed by atoms with E-state index in [1.54, 1.807) is 47.4 Å². The van der Waals surface area contributed by atoms with E-state index >= 15 is 0 Å². The molecular formula is C33H37N5O5S2. The molecule has 5 N–H and O–H groups in total. The number of nitrogen functional groups attached to an aromatic ring is 1. The molecular weight excluding hydrogens is 611 g/mol. The van der Waals surface area contributed by atoms with Crippen LogP contribution in [-0.4, -0.2) is 39.0 Å². The topological polar surface area (TPSA) is 149 Å². The van der Waals surface area contributed by atoms with Gasteiger partial charge < -0.3 is 30.9 Å². The van der Waals surface area contributed by atoms with E-state index in [2.05, 4.69) is 20.8 Å². The van der Waals surface area contributed by atoms with Gasteiger partial charge in [-0.25, -0.2) is 0 Å². The lowest BCUT2D eigenvalue weighted by Crippen LogP contribution is -2.31. The molecule has 3 atom stereocenters. The summed E-state index contributed by atoms with van der Waals surface area (Å²) in [6, 6.07) is 22.7.